The smallest absolute Gasteiger partial charge is 0.414 e. The molecule has 3 aromatic rings. The van der Waals surface area contributed by atoms with Crippen LogP contribution in [0.3, 0.4) is 0 Å². The predicted molar refractivity (Wildman–Crippen MR) is 136 cm³/mol. The molecule has 1 aliphatic rings. The summed E-state index contributed by atoms with van der Waals surface area (Å²) in [6.07, 6.45) is 3.34. The molecule has 0 bridgehead atoms. The number of hydrogen-bond acceptors (Lipinski definition) is 4. The Morgan fingerprint density at radius 2 is 1.17 bits per heavy atom. The largest absolute Gasteiger partial charge is 0.494 e. The van der Waals surface area contributed by atoms with Crippen LogP contribution in [-0.2, 0) is 9.59 Å². The fraction of sp³-hybridized carbons (Fsp3) is 0.241. The van der Waals surface area contributed by atoms with Crippen molar-refractivity contribution < 1.29 is 24.5 Å². The lowest BCUT2D eigenvalue weighted by Crippen LogP contribution is -2.32. The molecule has 0 amide bonds. The molecule has 2 N–H and O–H groups in total. The highest BCUT2D eigenvalue weighted by atomic mass is 16.5. The van der Waals surface area contributed by atoms with Crippen molar-refractivity contribution in [1.29, 1.82) is 0 Å². The van der Waals surface area contributed by atoms with E-state index in [-0.39, 0.29) is 0 Å². The lowest BCUT2D eigenvalue weighted by atomic mass is 9.88. The predicted octanol–water partition coefficient (Wildman–Crippen LogP) is 5.21. The van der Waals surface area contributed by atoms with E-state index in [9.17, 15) is 0 Å². The Labute approximate surface area is 206 Å². The van der Waals surface area contributed by atoms with Crippen LogP contribution >= 0.6 is 0 Å². The van der Waals surface area contributed by atoms with Crippen molar-refractivity contribution in [3.8, 4) is 5.75 Å². The first-order chi connectivity index (χ1) is 17.0. The number of carboxylic acids is 2. The summed E-state index contributed by atoms with van der Waals surface area (Å²) in [5, 5.41) is 14.8. The summed E-state index contributed by atoms with van der Waals surface area (Å²) in [5.74, 6) is -2.68. The van der Waals surface area contributed by atoms with Crippen molar-refractivity contribution in [2.45, 2.75) is 19.3 Å². The molecule has 0 spiro atoms. The van der Waals surface area contributed by atoms with Gasteiger partial charge < -0.3 is 19.8 Å². The van der Waals surface area contributed by atoms with Crippen molar-refractivity contribution in [3.63, 3.8) is 0 Å². The number of likely N-dealkylation sites (tertiary alicyclic amines) is 1. The molecule has 1 aliphatic heterocycles. The zero-order valence-corrected chi connectivity index (χ0v) is 19.7. The number of aliphatic carboxylic acids is 2. The molecular formula is C29H31NO5. The lowest BCUT2D eigenvalue weighted by molar-refractivity contribution is -0.159. The molecular weight excluding hydrogens is 442 g/mol. The third-order valence-electron chi connectivity index (χ3n) is 5.75. The first-order valence-electron chi connectivity index (χ1n) is 11.7. The van der Waals surface area contributed by atoms with Gasteiger partial charge in [0.2, 0.25) is 0 Å². The van der Waals surface area contributed by atoms with Gasteiger partial charge in [0.1, 0.15) is 5.75 Å². The van der Waals surface area contributed by atoms with E-state index in [4.69, 9.17) is 24.5 Å². The number of hydrogen-bond donors (Lipinski definition) is 2. The van der Waals surface area contributed by atoms with Crippen LogP contribution in [0.2, 0.25) is 0 Å². The minimum absolute atomic E-state index is 0.780. The zero-order valence-electron chi connectivity index (χ0n) is 19.7. The highest BCUT2D eigenvalue weighted by Gasteiger charge is 2.18. The summed E-state index contributed by atoms with van der Waals surface area (Å²) in [5.41, 5.74) is 5.68. The van der Waals surface area contributed by atoms with Crippen LogP contribution in [-0.4, -0.2) is 53.3 Å². The first kappa shape index (κ1) is 25.7. The van der Waals surface area contributed by atoms with Gasteiger partial charge >= 0.3 is 11.9 Å². The second kappa shape index (κ2) is 13.7. The third-order valence-corrected chi connectivity index (χ3v) is 5.75. The number of para-hydroxylation sites is 1. The van der Waals surface area contributed by atoms with Crippen molar-refractivity contribution in [2.24, 2.45) is 0 Å². The molecule has 3 aromatic carbocycles. The molecule has 1 heterocycles. The van der Waals surface area contributed by atoms with Gasteiger partial charge in [0.05, 0.1) is 6.61 Å². The normalized spacial score (nSPS) is 13.3. The van der Waals surface area contributed by atoms with E-state index < -0.39 is 11.9 Å². The van der Waals surface area contributed by atoms with Gasteiger partial charge in [-0.1, -0.05) is 84.4 Å². The lowest BCUT2D eigenvalue weighted by Gasteiger charge is -2.30. The van der Waals surface area contributed by atoms with Gasteiger partial charge in [-0.05, 0) is 48.1 Å². The van der Waals surface area contributed by atoms with Gasteiger partial charge in [-0.3, -0.25) is 0 Å². The SMILES string of the molecule is O=C(O)C(=O)O.c1ccc(OCCCN2CCC(=C(c3ccccc3)c3ccccc3)CC2)cc1. The quantitative estimate of drug-likeness (QED) is 0.362. The van der Waals surface area contributed by atoms with Gasteiger partial charge in [0, 0.05) is 19.6 Å². The van der Waals surface area contributed by atoms with Gasteiger partial charge in [0.15, 0.2) is 0 Å². The molecule has 1 fully saturated rings. The van der Waals surface area contributed by atoms with E-state index in [0.717, 1.165) is 51.3 Å². The summed E-state index contributed by atoms with van der Waals surface area (Å²) in [7, 11) is 0. The molecule has 0 atom stereocenters. The van der Waals surface area contributed by atoms with E-state index in [0.29, 0.717) is 0 Å². The first-order valence-corrected chi connectivity index (χ1v) is 11.7. The van der Waals surface area contributed by atoms with E-state index in [1.165, 1.54) is 16.7 Å². The molecule has 0 radical (unpaired) electrons. The Balaban J connectivity index is 0.000000509. The fourth-order valence-corrected chi connectivity index (χ4v) is 4.08. The average Bonchev–Trinajstić information content (AvgIpc) is 2.90. The maximum absolute atomic E-state index is 9.10. The van der Waals surface area contributed by atoms with Crippen LogP contribution in [0.25, 0.3) is 5.57 Å². The van der Waals surface area contributed by atoms with E-state index >= 15 is 0 Å². The maximum atomic E-state index is 9.10. The topological polar surface area (TPSA) is 87.1 Å². The fourth-order valence-electron chi connectivity index (χ4n) is 4.08. The monoisotopic (exact) mass is 473 g/mol. The van der Waals surface area contributed by atoms with Gasteiger partial charge in [0.25, 0.3) is 0 Å². The number of carboxylic acid groups (broad SMARTS) is 2. The van der Waals surface area contributed by atoms with Crippen molar-refractivity contribution >= 4 is 17.5 Å². The molecule has 0 aromatic heterocycles. The molecule has 4 rings (SSSR count). The van der Waals surface area contributed by atoms with E-state index in [2.05, 4.69) is 65.6 Å². The molecule has 0 aliphatic carbocycles. The molecule has 182 valence electrons. The number of piperidine rings is 1. The Bertz CT molecular complexity index is 1030. The highest BCUT2D eigenvalue weighted by Crippen LogP contribution is 2.32. The second-order valence-corrected chi connectivity index (χ2v) is 8.18. The molecule has 0 saturated carbocycles. The Morgan fingerprint density at radius 1 is 0.714 bits per heavy atom. The maximum Gasteiger partial charge on any atom is 0.414 e. The summed E-state index contributed by atoms with van der Waals surface area (Å²) in [6.45, 7) is 4.14. The van der Waals surface area contributed by atoms with Gasteiger partial charge in [-0.2, -0.15) is 0 Å². The Kier molecular flexibility index (Phi) is 10.1. The summed E-state index contributed by atoms with van der Waals surface area (Å²) >= 11 is 0. The number of rotatable bonds is 7. The molecule has 35 heavy (non-hydrogen) atoms. The molecule has 0 unspecified atom stereocenters. The summed E-state index contributed by atoms with van der Waals surface area (Å²) < 4.78 is 5.84. The van der Waals surface area contributed by atoms with E-state index in [1.54, 1.807) is 5.57 Å². The van der Waals surface area contributed by atoms with Crippen molar-refractivity contribution in [3.05, 3.63) is 108 Å². The molecule has 1 saturated heterocycles. The van der Waals surface area contributed by atoms with Crippen molar-refractivity contribution in [2.75, 3.05) is 26.2 Å². The summed E-state index contributed by atoms with van der Waals surface area (Å²) in [6, 6.07) is 31.8. The molecule has 6 heteroatoms. The number of nitrogens with zero attached hydrogens (tertiary/aromatic N) is 1. The van der Waals surface area contributed by atoms with Crippen LogP contribution in [0, 0.1) is 0 Å². The minimum Gasteiger partial charge on any atom is -0.494 e. The zero-order chi connectivity index (χ0) is 24.9. The number of benzene rings is 3. The van der Waals surface area contributed by atoms with Crippen LogP contribution in [0.15, 0.2) is 96.6 Å². The number of carbonyl (C=O) groups is 2. The Morgan fingerprint density at radius 3 is 1.63 bits per heavy atom. The highest BCUT2D eigenvalue weighted by molar-refractivity contribution is 6.27. The van der Waals surface area contributed by atoms with Gasteiger partial charge in [-0.25, -0.2) is 9.59 Å². The summed E-state index contributed by atoms with van der Waals surface area (Å²) in [4.78, 5) is 20.8. The molecule has 6 nitrogen and oxygen atoms in total. The average molecular weight is 474 g/mol. The van der Waals surface area contributed by atoms with Crippen LogP contribution in [0.1, 0.15) is 30.4 Å². The second-order valence-electron chi connectivity index (χ2n) is 8.18. The minimum atomic E-state index is -1.82. The third kappa shape index (κ3) is 8.43. The number of ether oxygens (including phenoxy) is 1. The van der Waals surface area contributed by atoms with Crippen LogP contribution in [0.5, 0.6) is 5.75 Å². The van der Waals surface area contributed by atoms with Crippen LogP contribution in [0.4, 0.5) is 0 Å². The van der Waals surface area contributed by atoms with Crippen molar-refractivity contribution in [1.82, 2.24) is 4.90 Å². The van der Waals surface area contributed by atoms with Crippen LogP contribution < -0.4 is 4.74 Å². The van der Waals surface area contributed by atoms with E-state index in [1.807, 2.05) is 30.3 Å². The van der Waals surface area contributed by atoms with Gasteiger partial charge in [-0.15, -0.1) is 0 Å². The standard InChI is InChI=1S/C27H29NO.C2H2O4/c1-4-11-23(12-5-1)27(24-13-6-2-7-14-24)25-17-20-28(21-18-25)19-10-22-29-26-15-8-3-9-16-26;3-1(4)2(5)6/h1-9,11-16H,10,17-22H2;(H,3,4)(H,5,6). The Hall–Kier alpha value is -3.90.